The minimum Gasteiger partial charge on any atom is -0.478 e. The predicted octanol–water partition coefficient (Wildman–Crippen LogP) is 11.3. The minimum absolute atomic E-state index is 0.0216. The van der Waals surface area contributed by atoms with E-state index in [0.717, 1.165) is 44.9 Å². The number of nitrogens with zero attached hydrogens (tertiary/aromatic N) is 2. The number of fused-ring (bicyclic) bond motifs is 3. The molecule has 0 atom stereocenters. The SMILES string of the molecule is CCC(C)(C)c1ccc(N)cc1.O=C(O)c1ccccc1-c1nccc2ccc(Cl)cc12.O=C1c2ccccc2-c2nccc3ccc(Cl)c1c23. The summed E-state index contributed by atoms with van der Waals surface area (Å²) in [5.74, 6) is -0.992. The maximum Gasteiger partial charge on any atom is 0.336 e. The number of carboxylic acid groups (broad SMARTS) is 1. The van der Waals surface area contributed by atoms with E-state index >= 15 is 0 Å². The number of hydrogen-bond donors (Lipinski definition) is 2. The zero-order chi connectivity index (χ0) is 36.3. The maximum absolute atomic E-state index is 12.6. The van der Waals surface area contributed by atoms with E-state index in [1.807, 2.05) is 60.7 Å². The summed E-state index contributed by atoms with van der Waals surface area (Å²) in [4.78, 5) is 32.7. The monoisotopic (exact) mass is 711 g/mol. The van der Waals surface area contributed by atoms with Gasteiger partial charge < -0.3 is 10.8 Å². The van der Waals surface area contributed by atoms with Crippen LogP contribution in [0.3, 0.4) is 0 Å². The van der Waals surface area contributed by atoms with Crippen molar-refractivity contribution >= 4 is 62.2 Å². The zero-order valence-corrected chi connectivity index (χ0v) is 29.8. The van der Waals surface area contributed by atoms with Gasteiger partial charge in [0.05, 0.1) is 27.5 Å². The van der Waals surface area contributed by atoms with Gasteiger partial charge in [-0.25, -0.2) is 4.79 Å². The van der Waals surface area contributed by atoms with Gasteiger partial charge in [0.2, 0.25) is 0 Å². The van der Waals surface area contributed by atoms with Crippen molar-refractivity contribution in [3.63, 3.8) is 0 Å². The Labute approximate surface area is 306 Å². The lowest BCUT2D eigenvalue weighted by molar-refractivity contribution is 0.0697. The molecule has 0 saturated carbocycles. The van der Waals surface area contributed by atoms with Crippen molar-refractivity contribution in [1.29, 1.82) is 0 Å². The molecule has 254 valence electrons. The molecule has 0 radical (unpaired) electrons. The molecule has 0 saturated heterocycles. The molecule has 0 aliphatic heterocycles. The van der Waals surface area contributed by atoms with Crippen LogP contribution in [0.2, 0.25) is 10.0 Å². The van der Waals surface area contributed by atoms with Crippen LogP contribution in [0, 0.1) is 0 Å². The number of carbonyl (C=O) groups is 2. The molecule has 8 rings (SSSR count). The van der Waals surface area contributed by atoms with Gasteiger partial charge in [-0.1, -0.05) is 111 Å². The molecule has 0 amide bonds. The first kappa shape index (κ1) is 35.3. The van der Waals surface area contributed by atoms with Crippen LogP contribution >= 0.6 is 23.2 Å². The van der Waals surface area contributed by atoms with Crippen LogP contribution in [0.25, 0.3) is 44.1 Å². The predicted molar refractivity (Wildman–Crippen MR) is 209 cm³/mol. The number of nitrogens with two attached hydrogens (primary N) is 1. The molecular weight excluding hydrogens is 677 g/mol. The number of anilines is 1. The summed E-state index contributed by atoms with van der Waals surface area (Å²) in [6.45, 7) is 6.70. The second kappa shape index (κ2) is 14.7. The lowest BCUT2D eigenvalue weighted by Crippen LogP contribution is -2.15. The highest BCUT2D eigenvalue weighted by molar-refractivity contribution is 6.39. The molecule has 0 spiro atoms. The van der Waals surface area contributed by atoms with Crippen LogP contribution in [0.1, 0.15) is 59.0 Å². The van der Waals surface area contributed by atoms with Gasteiger partial charge in [-0.2, -0.15) is 0 Å². The van der Waals surface area contributed by atoms with E-state index in [4.69, 9.17) is 28.9 Å². The van der Waals surface area contributed by atoms with Gasteiger partial charge in [-0.3, -0.25) is 14.8 Å². The largest absolute Gasteiger partial charge is 0.478 e. The molecule has 8 heteroatoms. The highest BCUT2D eigenvalue weighted by atomic mass is 35.5. The lowest BCUT2D eigenvalue weighted by Gasteiger charge is -2.23. The summed E-state index contributed by atoms with van der Waals surface area (Å²) in [6.07, 6.45) is 4.59. The minimum atomic E-state index is -0.971. The number of carbonyl (C=O) groups excluding carboxylic acids is 1. The van der Waals surface area contributed by atoms with Gasteiger partial charge in [0.15, 0.2) is 5.78 Å². The van der Waals surface area contributed by atoms with Crippen LogP contribution < -0.4 is 5.73 Å². The van der Waals surface area contributed by atoms with Crippen LogP contribution in [0.15, 0.2) is 128 Å². The molecule has 1 aliphatic rings. The lowest BCUT2D eigenvalue weighted by atomic mass is 9.82. The fourth-order valence-electron chi connectivity index (χ4n) is 6.06. The van der Waals surface area contributed by atoms with E-state index < -0.39 is 5.97 Å². The number of nitrogen functional groups attached to an aromatic ring is 1. The molecule has 7 aromatic rings. The van der Waals surface area contributed by atoms with E-state index in [2.05, 4.69) is 42.9 Å². The standard InChI is InChI=1S/C16H10ClNO2.C16H8ClNO.C11H17N/c17-11-6-5-10-7-8-18-15(14(10)9-11)12-3-1-2-4-13(12)16(19)20;17-12-6-5-9-7-8-18-15-10-3-1-2-4-11(10)16(19)14(12)13(9)15;1-4-11(2,3)9-5-7-10(12)8-6-9/h1-9H,(H,19,20);1-8H;5-8H,4,12H2,1-3H3. The summed E-state index contributed by atoms with van der Waals surface area (Å²) in [5, 5.41) is 14.0. The molecule has 1 aliphatic carbocycles. The summed E-state index contributed by atoms with van der Waals surface area (Å²) in [7, 11) is 0. The summed E-state index contributed by atoms with van der Waals surface area (Å²) < 4.78 is 0. The van der Waals surface area contributed by atoms with Crippen molar-refractivity contribution in [1.82, 2.24) is 9.97 Å². The van der Waals surface area contributed by atoms with E-state index in [9.17, 15) is 14.7 Å². The highest BCUT2D eigenvalue weighted by Crippen LogP contribution is 2.40. The van der Waals surface area contributed by atoms with Crippen molar-refractivity contribution in [2.24, 2.45) is 0 Å². The van der Waals surface area contributed by atoms with Crippen molar-refractivity contribution in [2.75, 3.05) is 5.73 Å². The normalized spacial score (nSPS) is 11.6. The Balaban J connectivity index is 0.000000136. The highest BCUT2D eigenvalue weighted by Gasteiger charge is 2.27. The first-order valence-electron chi connectivity index (χ1n) is 16.4. The maximum atomic E-state index is 12.6. The van der Waals surface area contributed by atoms with Crippen molar-refractivity contribution in [3.8, 4) is 22.5 Å². The van der Waals surface area contributed by atoms with Gasteiger partial charge in [-0.05, 0) is 76.7 Å². The number of hydrogen-bond acceptors (Lipinski definition) is 5. The first-order valence-corrected chi connectivity index (χ1v) is 17.2. The van der Waals surface area contributed by atoms with Crippen molar-refractivity contribution in [2.45, 2.75) is 32.6 Å². The third kappa shape index (κ3) is 7.20. The number of rotatable bonds is 4. The van der Waals surface area contributed by atoms with Crippen LogP contribution in [0.4, 0.5) is 5.69 Å². The zero-order valence-electron chi connectivity index (χ0n) is 28.3. The number of carboxylic acids is 1. The average Bonchev–Trinajstić information content (AvgIpc) is 3.14. The Morgan fingerprint density at radius 2 is 1.35 bits per heavy atom. The Morgan fingerprint density at radius 1 is 0.745 bits per heavy atom. The van der Waals surface area contributed by atoms with E-state index in [1.54, 1.807) is 54.9 Å². The Bertz CT molecular complexity index is 2420. The van der Waals surface area contributed by atoms with E-state index in [-0.39, 0.29) is 16.8 Å². The molecule has 51 heavy (non-hydrogen) atoms. The molecule has 3 N–H and O–H groups in total. The van der Waals surface area contributed by atoms with Gasteiger partial charge in [-0.15, -0.1) is 0 Å². The molecular formula is C43H35Cl2N3O3. The first-order chi connectivity index (χ1) is 24.5. The second-order valence-corrected chi connectivity index (χ2v) is 13.6. The van der Waals surface area contributed by atoms with Gasteiger partial charge in [0, 0.05) is 50.6 Å². The molecule has 0 bridgehead atoms. The van der Waals surface area contributed by atoms with Crippen LogP contribution in [-0.4, -0.2) is 26.8 Å². The Morgan fingerprint density at radius 3 is 2.04 bits per heavy atom. The fraction of sp³-hybridized carbons (Fsp3) is 0.116. The molecule has 2 aromatic heterocycles. The number of benzene rings is 5. The quantitative estimate of drug-likeness (QED) is 0.176. The van der Waals surface area contributed by atoms with Crippen molar-refractivity contribution < 1.29 is 14.7 Å². The number of aromatic nitrogens is 2. The molecule has 0 fully saturated rings. The van der Waals surface area contributed by atoms with Gasteiger partial charge in [0.1, 0.15) is 0 Å². The number of halogens is 2. The third-order valence-electron chi connectivity index (χ3n) is 9.25. The molecule has 6 nitrogen and oxygen atoms in total. The van der Waals surface area contributed by atoms with Crippen LogP contribution in [-0.2, 0) is 5.41 Å². The molecule has 5 aromatic carbocycles. The van der Waals surface area contributed by atoms with Gasteiger partial charge in [0.25, 0.3) is 0 Å². The third-order valence-corrected chi connectivity index (χ3v) is 9.80. The number of aromatic carboxylic acids is 1. The summed E-state index contributed by atoms with van der Waals surface area (Å²) in [5.41, 5.74) is 12.5. The summed E-state index contributed by atoms with van der Waals surface area (Å²) in [6, 6.07) is 35.5. The topological polar surface area (TPSA) is 106 Å². The van der Waals surface area contributed by atoms with Crippen LogP contribution in [0.5, 0.6) is 0 Å². The van der Waals surface area contributed by atoms with Crippen molar-refractivity contribution in [3.05, 3.63) is 160 Å². The molecule has 2 heterocycles. The van der Waals surface area contributed by atoms with E-state index in [1.165, 1.54) is 5.56 Å². The number of pyridine rings is 2. The Kier molecular flexibility index (Phi) is 10.2. The molecule has 0 unspecified atom stereocenters. The Hall–Kier alpha value is -5.56. The van der Waals surface area contributed by atoms with E-state index in [0.29, 0.717) is 32.4 Å². The van der Waals surface area contributed by atoms with Gasteiger partial charge >= 0.3 is 5.97 Å². The second-order valence-electron chi connectivity index (χ2n) is 12.8. The fourth-order valence-corrected chi connectivity index (χ4v) is 6.48. The number of ketones is 1. The average molecular weight is 713 g/mol. The summed E-state index contributed by atoms with van der Waals surface area (Å²) >= 11 is 12.3. The smallest absolute Gasteiger partial charge is 0.336 e.